The minimum absolute atomic E-state index is 0.202. The van der Waals surface area contributed by atoms with Crippen LogP contribution < -0.4 is 4.74 Å². The lowest BCUT2D eigenvalue weighted by molar-refractivity contribution is -0.178. The lowest BCUT2D eigenvalue weighted by Gasteiger charge is -2.56. The second-order valence-corrected chi connectivity index (χ2v) is 11.7. The summed E-state index contributed by atoms with van der Waals surface area (Å²) in [6.45, 7) is 1.62. The smallest absolute Gasteiger partial charge is 0.348 e. The van der Waals surface area contributed by atoms with Gasteiger partial charge >= 0.3 is 29.8 Å². The summed E-state index contributed by atoms with van der Waals surface area (Å²) in [6.07, 6.45) is -2.46. The Kier molecular flexibility index (Phi) is 8.44. The number of carboxylic acid groups (broad SMARTS) is 2. The van der Waals surface area contributed by atoms with Crippen LogP contribution in [0.3, 0.4) is 0 Å². The molecule has 0 aromatic heterocycles. The molecule has 14 nitrogen and oxygen atoms in total. The fraction of sp³-hybridized carbons (Fsp3) is 0.567. The average molecular weight is 618 g/mol. The van der Waals surface area contributed by atoms with E-state index in [1.165, 1.54) is 0 Å². The molecule has 2 heterocycles. The van der Waals surface area contributed by atoms with Crippen LogP contribution in [0.1, 0.15) is 62.1 Å². The molecule has 0 radical (unpaired) electrons. The van der Waals surface area contributed by atoms with Gasteiger partial charge < -0.3 is 44.3 Å². The van der Waals surface area contributed by atoms with E-state index in [0.717, 1.165) is 31.0 Å². The maximum absolute atomic E-state index is 12.9. The van der Waals surface area contributed by atoms with Gasteiger partial charge in [0, 0.05) is 23.6 Å². The van der Waals surface area contributed by atoms with Gasteiger partial charge in [-0.25, -0.2) is 9.59 Å². The molecule has 4 N–H and O–H groups in total. The highest BCUT2D eigenvalue weighted by atomic mass is 16.6. The van der Waals surface area contributed by atoms with Crippen molar-refractivity contribution < 1.29 is 63.3 Å². The molecular weight excluding hydrogens is 582 g/mol. The molecule has 1 fully saturated rings. The van der Waals surface area contributed by atoms with Crippen LogP contribution in [0.4, 0.5) is 0 Å². The fourth-order valence-electron chi connectivity index (χ4n) is 7.15. The molecule has 1 saturated heterocycles. The Bertz CT molecular complexity index is 1420. The van der Waals surface area contributed by atoms with Crippen molar-refractivity contribution in [2.75, 3.05) is 13.6 Å². The van der Waals surface area contributed by atoms with Crippen LogP contribution in [0.25, 0.3) is 0 Å². The first-order valence-electron chi connectivity index (χ1n) is 14.4. The molecule has 4 aliphatic rings. The Morgan fingerprint density at radius 3 is 2.52 bits per heavy atom. The number of carboxylic acids is 2. The van der Waals surface area contributed by atoms with E-state index in [1.807, 2.05) is 19.2 Å². The maximum atomic E-state index is 12.9. The number of hydrogen-bond acceptors (Lipinski definition) is 12. The Hall–Kier alpha value is -4.01. The van der Waals surface area contributed by atoms with Crippen LogP contribution in [-0.2, 0) is 56.6 Å². The number of aliphatic hydroxyl groups is 2. The fourth-order valence-corrected chi connectivity index (χ4v) is 7.15. The van der Waals surface area contributed by atoms with Crippen LogP contribution >= 0.6 is 0 Å². The molecule has 2 aliphatic carbocycles. The molecular formula is C30H35NO13. The Morgan fingerprint density at radius 1 is 1.11 bits per heavy atom. The van der Waals surface area contributed by atoms with Gasteiger partial charge in [0.1, 0.15) is 11.5 Å². The predicted molar refractivity (Wildman–Crippen MR) is 146 cm³/mol. The molecule has 14 heteroatoms. The van der Waals surface area contributed by atoms with Crippen molar-refractivity contribution in [1.82, 2.24) is 4.90 Å². The number of rotatable bonds is 11. The first kappa shape index (κ1) is 31.4. The molecule has 238 valence electrons. The van der Waals surface area contributed by atoms with E-state index in [0.29, 0.717) is 24.2 Å². The lowest BCUT2D eigenvalue weighted by Crippen LogP contribution is -2.69. The van der Waals surface area contributed by atoms with E-state index in [2.05, 4.69) is 9.64 Å². The SMILES string of the molecule is C[C@H](OC(=O)CCC(=O)OC1=CC[C@@]2(O)[C@H]3Cc4ccc(CO)c5c4[C@@]2(CCCN3C)[C@H]1O5)C(=O)O[C@H](CC(=O)O)C(=O)O. The first-order valence-corrected chi connectivity index (χ1v) is 14.4. The van der Waals surface area contributed by atoms with Gasteiger partial charge in [-0.1, -0.05) is 12.1 Å². The maximum Gasteiger partial charge on any atom is 0.348 e. The third-order valence-corrected chi connectivity index (χ3v) is 9.15. The monoisotopic (exact) mass is 617 g/mol. The van der Waals surface area contributed by atoms with Crippen LogP contribution in [0.15, 0.2) is 24.0 Å². The number of hydrogen-bond donors (Lipinski definition) is 4. The highest BCUT2D eigenvalue weighted by Crippen LogP contribution is 2.64. The van der Waals surface area contributed by atoms with E-state index in [1.54, 1.807) is 6.08 Å². The summed E-state index contributed by atoms with van der Waals surface area (Å²) in [6, 6.07) is 3.57. The number of ether oxygens (including phenoxy) is 4. The molecule has 1 aromatic rings. The zero-order valence-corrected chi connectivity index (χ0v) is 24.3. The van der Waals surface area contributed by atoms with Crippen LogP contribution in [-0.4, -0.2) is 98.7 Å². The van der Waals surface area contributed by atoms with Crippen molar-refractivity contribution in [3.05, 3.63) is 40.7 Å². The standard InChI is InChI=1S/C30H35NO13/c1-15(28(39)43-19(27(37)38)13-21(33)34)41-22(35)6-7-23(36)42-18-8-10-30(40)20-12-16-4-5-17(14-32)25-24(16)29(30,26(18)44-25)9-3-11-31(20)2/h4-5,8,15,19-20,26,32,40H,3,6-7,9-14H2,1-2H3,(H,33,34)(H,37,38)/t15-,19+,20+,26-,29-,30+/m0/s1. The molecule has 1 aromatic carbocycles. The number of likely N-dealkylation sites (N-methyl/N-ethyl adjacent to an activating group) is 1. The van der Waals surface area contributed by atoms with Crippen molar-refractivity contribution in [2.24, 2.45) is 0 Å². The largest absolute Gasteiger partial charge is 0.481 e. The third-order valence-electron chi connectivity index (χ3n) is 9.15. The zero-order valence-electron chi connectivity index (χ0n) is 24.3. The summed E-state index contributed by atoms with van der Waals surface area (Å²) in [5, 5.41) is 40.2. The van der Waals surface area contributed by atoms with Gasteiger partial charge in [0.2, 0.25) is 6.10 Å². The minimum atomic E-state index is -1.96. The highest BCUT2D eigenvalue weighted by Gasteiger charge is 2.70. The van der Waals surface area contributed by atoms with Gasteiger partial charge in [0.15, 0.2) is 12.2 Å². The molecule has 44 heavy (non-hydrogen) atoms. The minimum Gasteiger partial charge on any atom is -0.481 e. The van der Waals surface area contributed by atoms with Crippen LogP contribution in [0.5, 0.6) is 5.75 Å². The summed E-state index contributed by atoms with van der Waals surface area (Å²) < 4.78 is 21.7. The number of carbonyl (C=O) groups excluding carboxylic acids is 3. The number of aliphatic carboxylic acids is 2. The normalized spacial score (nSPS) is 27.9. The average Bonchev–Trinajstić information content (AvgIpc) is 3.30. The zero-order chi connectivity index (χ0) is 32.0. The molecule has 5 rings (SSSR count). The second kappa shape index (κ2) is 11.8. The number of carbonyl (C=O) groups is 5. The van der Waals surface area contributed by atoms with E-state index in [9.17, 15) is 34.2 Å². The van der Waals surface area contributed by atoms with Crippen molar-refractivity contribution in [1.29, 1.82) is 0 Å². The van der Waals surface area contributed by atoms with Gasteiger partial charge in [-0.2, -0.15) is 0 Å². The molecule has 1 spiro atoms. The highest BCUT2D eigenvalue weighted by molar-refractivity contribution is 5.85. The molecule has 0 unspecified atom stereocenters. The van der Waals surface area contributed by atoms with Crippen molar-refractivity contribution in [2.45, 2.75) is 93.8 Å². The Morgan fingerprint density at radius 2 is 1.84 bits per heavy atom. The van der Waals surface area contributed by atoms with Crippen LogP contribution in [0, 0.1) is 0 Å². The molecule has 2 bridgehead atoms. The van der Waals surface area contributed by atoms with E-state index >= 15 is 0 Å². The van der Waals surface area contributed by atoms with E-state index in [-0.39, 0.29) is 24.8 Å². The first-order chi connectivity index (χ1) is 20.8. The van der Waals surface area contributed by atoms with Gasteiger partial charge in [0.05, 0.1) is 36.9 Å². The van der Waals surface area contributed by atoms with Gasteiger partial charge in [-0.15, -0.1) is 0 Å². The second-order valence-electron chi connectivity index (χ2n) is 11.7. The summed E-state index contributed by atoms with van der Waals surface area (Å²) >= 11 is 0. The third kappa shape index (κ3) is 5.20. The van der Waals surface area contributed by atoms with E-state index < -0.39 is 78.4 Å². The van der Waals surface area contributed by atoms with Crippen molar-refractivity contribution in [3.8, 4) is 5.75 Å². The molecule has 0 saturated carbocycles. The molecule has 2 aliphatic heterocycles. The topological polar surface area (TPSA) is 206 Å². The van der Waals surface area contributed by atoms with Gasteiger partial charge in [0.25, 0.3) is 0 Å². The number of benzene rings is 1. The molecule has 6 atom stereocenters. The lowest BCUT2D eigenvalue weighted by atomic mass is 9.52. The molecule has 0 amide bonds. The predicted octanol–water partition coefficient (Wildman–Crippen LogP) is 0.573. The quantitative estimate of drug-likeness (QED) is 0.198. The van der Waals surface area contributed by atoms with Crippen molar-refractivity contribution in [3.63, 3.8) is 0 Å². The Balaban J connectivity index is 1.26. The van der Waals surface area contributed by atoms with Crippen LogP contribution in [0.2, 0.25) is 0 Å². The summed E-state index contributed by atoms with van der Waals surface area (Å²) in [5.74, 6) is -5.47. The van der Waals surface area contributed by atoms with E-state index in [4.69, 9.17) is 24.4 Å². The number of esters is 3. The summed E-state index contributed by atoms with van der Waals surface area (Å²) in [7, 11) is 1.99. The van der Waals surface area contributed by atoms with Gasteiger partial charge in [-0.05, 0) is 51.4 Å². The van der Waals surface area contributed by atoms with Crippen molar-refractivity contribution >= 4 is 29.8 Å². The number of aliphatic hydroxyl groups excluding tert-OH is 1. The van der Waals surface area contributed by atoms with Gasteiger partial charge in [-0.3, -0.25) is 14.4 Å². The summed E-state index contributed by atoms with van der Waals surface area (Å²) in [5.41, 5.74) is 0.310. The number of likely N-dealkylation sites (tertiary alicyclic amines) is 1. The number of nitrogens with zero attached hydrogens (tertiary/aromatic N) is 1. The summed E-state index contributed by atoms with van der Waals surface area (Å²) in [4.78, 5) is 61.5. The Labute approximate surface area is 252 Å².